The molecular weight excluding hydrogens is 361 g/mol. The maximum Gasteiger partial charge on any atom is 0.435 e. The van der Waals surface area contributed by atoms with Crippen LogP contribution < -0.4 is 4.90 Å². The lowest BCUT2D eigenvalue weighted by molar-refractivity contribution is -0.141. The first kappa shape index (κ1) is 19.5. The van der Waals surface area contributed by atoms with Gasteiger partial charge in [0, 0.05) is 31.6 Å². The van der Waals surface area contributed by atoms with Gasteiger partial charge in [-0.3, -0.25) is 4.90 Å². The van der Waals surface area contributed by atoms with Crippen molar-refractivity contribution in [3.8, 4) is 0 Å². The van der Waals surface area contributed by atoms with Crippen LogP contribution in [0, 0.1) is 0 Å². The number of alkyl halides is 3. The normalized spacial score (nSPS) is 17.2. The lowest BCUT2D eigenvalue weighted by Crippen LogP contribution is -2.31. The van der Waals surface area contributed by atoms with Gasteiger partial charge in [0.25, 0.3) is 0 Å². The van der Waals surface area contributed by atoms with Crippen LogP contribution in [0.1, 0.15) is 44.6 Å². The van der Waals surface area contributed by atoms with E-state index in [4.69, 9.17) is 4.52 Å². The topological polar surface area (TPSA) is 71.2 Å². The van der Waals surface area contributed by atoms with Crippen molar-refractivity contribution in [3.05, 3.63) is 29.5 Å². The van der Waals surface area contributed by atoms with E-state index in [0.717, 1.165) is 25.6 Å². The second-order valence-electron chi connectivity index (χ2n) is 7.66. The number of hydrogen-bond donors (Lipinski definition) is 0. The molecule has 7 nitrogen and oxygen atoms in total. The molecule has 0 aliphatic carbocycles. The van der Waals surface area contributed by atoms with Crippen molar-refractivity contribution in [1.82, 2.24) is 25.2 Å². The van der Waals surface area contributed by atoms with Crippen LogP contribution in [0.5, 0.6) is 0 Å². The van der Waals surface area contributed by atoms with Gasteiger partial charge in [-0.2, -0.15) is 18.2 Å². The Morgan fingerprint density at radius 2 is 1.81 bits per heavy atom. The number of anilines is 1. The van der Waals surface area contributed by atoms with E-state index in [-0.39, 0.29) is 5.41 Å². The summed E-state index contributed by atoms with van der Waals surface area (Å²) >= 11 is 0. The number of halogens is 3. The van der Waals surface area contributed by atoms with Crippen LogP contribution in [0.3, 0.4) is 0 Å². The number of rotatable bonds is 3. The fourth-order valence-corrected chi connectivity index (χ4v) is 2.83. The second-order valence-corrected chi connectivity index (χ2v) is 7.66. The predicted octanol–water partition coefficient (Wildman–Crippen LogP) is 2.89. The summed E-state index contributed by atoms with van der Waals surface area (Å²) in [6, 6.07) is 2.35. The van der Waals surface area contributed by atoms with Crippen LogP contribution in [0.25, 0.3) is 0 Å². The number of aromatic nitrogens is 4. The molecule has 2 aromatic rings. The van der Waals surface area contributed by atoms with Gasteiger partial charge in [-0.25, -0.2) is 0 Å². The summed E-state index contributed by atoms with van der Waals surface area (Å²) < 4.78 is 43.2. The van der Waals surface area contributed by atoms with Gasteiger partial charge < -0.3 is 9.42 Å². The molecule has 1 aliphatic heterocycles. The van der Waals surface area contributed by atoms with Gasteiger partial charge in [-0.15, -0.1) is 10.2 Å². The quantitative estimate of drug-likeness (QED) is 0.806. The summed E-state index contributed by atoms with van der Waals surface area (Å²) in [6.07, 6.45) is -3.62. The SMILES string of the molecule is CC(C)(C)c1nc(CN2CCCN(c3ccc(C(F)(F)F)nn3)CC2)no1. The van der Waals surface area contributed by atoms with Crippen LogP contribution in [-0.4, -0.2) is 51.4 Å². The first-order valence-electron chi connectivity index (χ1n) is 8.84. The first-order valence-corrected chi connectivity index (χ1v) is 8.84. The zero-order valence-electron chi connectivity index (χ0n) is 15.6. The Morgan fingerprint density at radius 1 is 1.04 bits per heavy atom. The standard InChI is InChI=1S/C17H23F3N6O/c1-16(2,3)15-21-13(24-27-15)11-25-7-4-8-26(10-9-25)14-6-5-12(22-23-14)17(18,19)20/h5-6H,4,7-11H2,1-3H3. The minimum atomic E-state index is -4.47. The Balaban J connectivity index is 1.59. The third-order valence-corrected chi connectivity index (χ3v) is 4.33. The lowest BCUT2D eigenvalue weighted by atomic mass is 9.97. The maximum atomic E-state index is 12.6. The molecular formula is C17H23F3N6O. The minimum Gasteiger partial charge on any atom is -0.354 e. The van der Waals surface area contributed by atoms with Crippen molar-refractivity contribution in [1.29, 1.82) is 0 Å². The minimum absolute atomic E-state index is 0.192. The van der Waals surface area contributed by atoms with E-state index >= 15 is 0 Å². The van der Waals surface area contributed by atoms with Gasteiger partial charge in [0.2, 0.25) is 5.89 Å². The van der Waals surface area contributed by atoms with Crippen molar-refractivity contribution in [3.63, 3.8) is 0 Å². The van der Waals surface area contributed by atoms with E-state index in [0.29, 0.717) is 37.2 Å². The third-order valence-electron chi connectivity index (χ3n) is 4.33. The monoisotopic (exact) mass is 384 g/mol. The fourth-order valence-electron chi connectivity index (χ4n) is 2.83. The predicted molar refractivity (Wildman–Crippen MR) is 92.1 cm³/mol. The van der Waals surface area contributed by atoms with Crippen LogP contribution >= 0.6 is 0 Å². The van der Waals surface area contributed by atoms with E-state index in [9.17, 15) is 13.2 Å². The molecule has 3 heterocycles. The zero-order valence-corrected chi connectivity index (χ0v) is 15.6. The highest BCUT2D eigenvalue weighted by molar-refractivity contribution is 5.37. The third kappa shape index (κ3) is 4.94. The summed E-state index contributed by atoms with van der Waals surface area (Å²) in [6.45, 7) is 9.52. The van der Waals surface area contributed by atoms with E-state index in [2.05, 4.69) is 25.2 Å². The molecule has 0 amide bonds. The van der Waals surface area contributed by atoms with Crippen LogP contribution in [-0.2, 0) is 18.1 Å². The Bertz CT molecular complexity index is 753. The van der Waals surface area contributed by atoms with Gasteiger partial charge in [0.15, 0.2) is 17.3 Å². The molecule has 3 rings (SSSR count). The second kappa shape index (κ2) is 7.41. The van der Waals surface area contributed by atoms with Crippen molar-refractivity contribution in [2.75, 3.05) is 31.1 Å². The van der Waals surface area contributed by atoms with E-state index in [1.807, 2.05) is 25.7 Å². The summed E-state index contributed by atoms with van der Waals surface area (Å²) in [5, 5.41) is 11.1. The molecule has 0 aromatic carbocycles. The highest BCUT2D eigenvalue weighted by Crippen LogP contribution is 2.27. The molecule has 27 heavy (non-hydrogen) atoms. The van der Waals surface area contributed by atoms with Crippen molar-refractivity contribution < 1.29 is 17.7 Å². The van der Waals surface area contributed by atoms with Crippen molar-refractivity contribution in [2.24, 2.45) is 0 Å². The molecule has 148 valence electrons. The molecule has 0 bridgehead atoms. The molecule has 0 atom stereocenters. The first-order chi connectivity index (χ1) is 12.6. The van der Waals surface area contributed by atoms with Gasteiger partial charge in [-0.05, 0) is 18.6 Å². The Hall–Kier alpha value is -2.23. The zero-order chi connectivity index (χ0) is 19.7. The van der Waals surface area contributed by atoms with Crippen LogP contribution in [0.15, 0.2) is 16.7 Å². The van der Waals surface area contributed by atoms with Crippen LogP contribution in [0.2, 0.25) is 0 Å². The lowest BCUT2D eigenvalue weighted by Gasteiger charge is -2.21. The Morgan fingerprint density at radius 3 is 2.41 bits per heavy atom. The smallest absolute Gasteiger partial charge is 0.354 e. The average Bonchev–Trinajstić information content (AvgIpc) is 2.94. The molecule has 1 fully saturated rings. The highest BCUT2D eigenvalue weighted by Gasteiger charge is 2.33. The van der Waals surface area contributed by atoms with Crippen molar-refractivity contribution in [2.45, 2.75) is 45.3 Å². The Labute approximate surface area is 155 Å². The Kier molecular flexibility index (Phi) is 5.36. The van der Waals surface area contributed by atoms with Gasteiger partial charge >= 0.3 is 6.18 Å². The van der Waals surface area contributed by atoms with E-state index < -0.39 is 11.9 Å². The maximum absolute atomic E-state index is 12.6. The highest BCUT2D eigenvalue weighted by atomic mass is 19.4. The van der Waals surface area contributed by atoms with Gasteiger partial charge in [-0.1, -0.05) is 25.9 Å². The van der Waals surface area contributed by atoms with Crippen LogP contribution in [0.4, 0.5) is 19.0 Å². The molecule has 1 aliphatic rings. The number of hydrogen-bond acceptors (Lipinski definition) is 7. The molecule has 0 N–H and O–H groups in total. The summed E-state index contributed by atoms with van der Waals surface area (Å²) in [5.74, 6) is 1.70. The molecule has 10 heteroatoms. The fraction of sp³-hybridized carbons (Fsp3) is 0.647. The average molecular weight is 384 g/mol. The largest absolute Gasteiger partial charge is 0.435 e. The summed E-state index contributed by atoms with van der Waals surface area (Å²) in [4.78, 5) is 8.61. The molecule has 0 saturated carbocycles. The van der Waals surface area contributed by atoms with Gasteiger partial charge in [0.1, 0.15) is 0 Å². The molecule has 2 aromatic heterocycles. The molecule has 0 unspecified atom stereocenters. The van der Waals surface area contributed by atoms with Crippen molar-refractivity contribution >= 4 is 5.82 Å². The molecule has 0 radical (unpaired) electrons. The number of nitrogens with zero attached hydrogens (tertiary/aromatic N) is 6. The summed E-state index contributed by atoms with van der Waals surface area (Å²) in [7, 11) is 0. The summed E-state index contributed by atoms with van der Waals surface area (Å²) in [5.41, 5.74) is -1.17. The molecule has 1 saturated heterocycles. The van der Waals surface area contributed by atoms with E-state index in [1.54, 1.807) is 0 Å². The molecule has 0 spiro atoms. The van der Waals surface area contributed by atoms with E-state index in [1.165, 1.54) is 6.07 Å². The van der Waals surface area contributed by atoms with Gasteiger partial charge in [0.05, 0.1) is 6.54 Å².